The molecule has 2 aromatic carbocycles. The molecule has 1 unspecified atom stereocenters. The van der Waals surface area contributed by atoms with Crippen molar-refractivity contribution in [3.8, 4) is 11.1 Å². The minimum Gasteiger partial charge on any atom is -0.480 e. The molecule has 0 spiro atoms. The van der Waals surface area contributed by atoms with E-state index in [0.29, 0.717) is 0 Å². The minimum atomic E-state index is -0.726. The van der Waals surface area contributed by atoms with Crippen LogP contribution in [-0.2, 0) is 10.5 Å². The summed E-state index contributed by atoms with van der Waals surface area (Å²) in [6.45, 7) is 3.90. The molecule has 2 aromatic rings. The first-order chi connectivity index (χ1) is 10.1. The fraction of sp³-hybridized carbons (Fsp3) is 0.278. The van der Waals surface area contributed by atoms with Crippen LogP contribution in [0.4, 0.5) is 0 Å². The van der Waals surface area contributed by atoms with Gasteiger partial charge in [0.15, 0.2) is 0 Å². The number of rotatable bonds is 6. The second-order valence-corrected chi connectivity index (χ2v) is 6.51. The Morgan fingerprint density at radius 3 is 2.10 bits per heavy atom. The average Bonchev–Trinajstić information content (AvgIpc) is 2.48. The number of hydrogen-bond donors (Lipinski definition) is 1. The Kier molecular flexibility index (Phi) is 5.45. The fourth-order valence-electron chi connectivity index (χ4n) is 2.16. The second kappa shape index (κ2) is 7.32. The summed E-state index contributed by atoms with van der Waals surface area (Å²) in [6.07, 6.45) is 0. The Balaban J connectivity index is 2.01. The van der Waals surface area contributed by atoms with E-state index in [1.165, 1.54) is 22.9 Å². The van der Waals surface area contributed by atoms with E-state index >= 15 is 0 Å². The van der Waals surface area contributed by atoms with E-state index < -0.39 is 5.97 Å². The Bertz CT molecular complexity index is 576. The zero-order valence-corrected chi connectivity index (χ0v) is 13.1. The van der Waals surface area contributed by atoms with Crippen molar-refractivity contribution in [2.75, 3.05) is 0 Å². The first-order valence-corrected chi connectivity index (χ1v) is 8.11. The molecule has 0 radical (unpaired) electrons. The molecule has 21 heavy (non-hydrogen) atoms. The second-order valence-electron chi connectivity index (χ2n) is 5.38. The molecular weight excluding hydrogens is 280 g/mol. The van der Waals surface area contributed by atoms with Gasteiger partial charge in [0.25, 0.3) is 0 Å². The van der Waals surface area contributed by atoms with Crippen molar-refractivity contribution >= 4 is 17.7 Å². The molecule has 2 rings (SSSR count). The van der Waals surface area contributed by atoms with Gasteiger partial charge in [-0.2, -0.15) is 0 Å². The molecular formula is C18H20O2S. The van der Waals surface area contributed by atoms with E-state index in [2.05, 4.69) is 36.4 Å². The molecule has 0 aromatic heterocycles. The van der Waals surface area contributed by atoms with E-state index in [1.54, 1.807) is 0 Å². The summed E-state index contributed by atoms with van der Waals surface area (Å²) in [6, 6.07) is 18.6. The Labute approximate surface area is 130 Å². The van der Waals surface area contributed by atoms with E-state index in [9.17, 15) is 9.90 Å². The molecule has 2 nitrogen and oxygen atoms in total. The first-order valence-electron chi connectivity index (χ1n) is 7.06. The van der Waals surface area contributed by atoms with Crippen LogP contribution in [0, 0.1) is 5.92 Å². The predicted octanol–water partition coefficient (Wildman–Crippen LogP) is 4.70. The van der Waals surface area contributed by atoms with Crippen LogP contribution in [-0.4, -0.2) is 16.3 Å². The maximum absolute atomic E-state index is 11.2. The minimum absolute atomic E-state index is 0.135. The van der Waals surface area contributed by atoms with Crippen molar-refractivity contribution in [1.82, 2.24) is 0 Å². The zero-order chi connectivity index (χ0) is 15.2. The number of aliphatic carboxylic acids is 1. The van der Waals surface area contributed by atoms with Crippen molar-refractivity contribution in [2.24, 2.45) is 5.92 Å². The Hall–Kier alpha value is -1.74. The Morgan fingerprint density at radius 2 is 1.57 bits per heavy atom. The molecule has 0 saturated carbocycles. The lowest BCUT2D eigenvalue weighted by Crippen LogP contribution is -2.22. The monoisotopic (exact) mass is 300 g/mol. The lowest BCUT2D eigenvalue weighted by molar-refractivity contribution is -0.137. The lowest BCUT2D eigenvalue weighted by atomic mass is 10.0. The molecule has 3 heteroatoms. The molecule has 1 N–H and O–H groups in total. The van der Waals surface area contributed by atoms with Crippen LogP contribution < -0.4 is 0 Å². The van der Waals surface area contributed by atoms with Gasteiger partial charge in [-0.1, -0.05) is 68.4 Å². The molecule has 0 saturated heterocycles. The maximum Gasteiger partial charge on any atom is 0.316 e. The van der Waals surface area contributed by atoms with Crippen LogP contribution in [0.1, 0.15) is 19.4 Å². The van der Waals surface area contributed by atoms with Gasteiger partial charge in [-0.3, -0.25) is 4.79 Å². The topological polar surface area (TPSA) is 37.3 Å². The number of carboxylic acids is 1. The average molecular weight is 300 g/mol. The summed E-state index contributed by atoms with van der Waals surface area (Å²) in [5.74, 6) is 0.136. The first kappa shape index (κ1) is 15.6. The Morgan fingerprint density at radius 1 is 1.00 bits per heavy atom. The number of carboxylic acid groups (broad SMARTS) is 1. The standard InChI is InChI=1S/C18H20O2S/c1-13(2)17(18(19)20)21-12-14-8-10-16(11-9-14)15-6-4-3-5-7-15/h3-11,13,17H,12H2,1-2H3,(H,19,20). The highest BCUT2D eigenvalue weighted by Crippen LogP contribution is 2.25. The van der Waals surface area contributed by atoms with Crippen LogP contribution in [0.5, 0.6) is 0 Å². The van der Waals surface area contributed by atoms with Crippen LogP contribution >= 0.6 is 11.8 Å². The summed E-state index contributed by atoms with van der Waals surface area (Å²) in [4.78, 5) is 11.2. The number of carbonyl (C=O) groups is 1. The molecule has 0 aliphatic rings. The predicted molar refractivity (Wildman–Crippen MR) is 89.4 cm³/mol. The van der Waals surface area contributed by atoms with Gasteiger partial charge in [-0.15, -0.1) is 11.8 Å². The lowest BCUT2D eigenvalue weighted by Gasteiger charge is -2.15. The number of thioether (sulfide) groups is 1. The fourth-order valence-corrected chi connectivity index (χ4v) is 3.25. The summed E-state index contributed by atoms with van der Waals surface area (Å²) in [5.41, 5.74) is 3.54. The van der Waals surface area contributed by atoms with Gasteiger partial charge in [-0.25, -0.2) is 0 Å². The zero-order valence-electron chi connectivity index (χ0n) is 12.3. The third kappa shape index (κ3) is 4.36. The van der Waals surface area contributed by atoms with Gasteiger partial charge in [0.1, 0.15) is 5.25 Å². The van der Waals surface area contributed by atoms with Crippen LogP contribution in [0.3, 0.4) is 0 Å². The van der Waals surface area contributed by atoms with Crippen molar-refractivity contribution in [3.63, 3.8) is 0 Å². The van der Waals surface area contributed by atoms with Gasteiger partial charge in [0.2, 0.25) is 0 Å². The van der Waals surface area contributed by atoms with Gasteiger partial charge in [-0.05, 0) is 22.6 Å². The number of hydrogen-bond acceptors (Lipinski definition) is 2. The molecule has 0 amide bonds. The summed E-state index contributed by atoms with van der Waals surface area (Å²) in [5, 5.41) is 8.85. The molecule has 110 valence electrons. The van der Waals surface area contributed by atoms with Crippen molar-refractivity contribution in [1.29, 1.82) is 0 Å². The van der Waals surface area contributed by atoms with Crippen LogP contribution in [0.25, 0.3) is 11.1 Å². The molecule has 0 heterocycles. The van der Waals surface area contributed by atoms with E-state index in [-0.39, 0.29) is 11.2 Å². The molecule has 0 aliphatic heterocycles. The van der Waals surface area contributed by atoms with Crippen molar-refractivity contribution in [3.05, 3.63) is 60.2 Å². The molecule has 0 aliphatic carbocycles. The SMILES string of the molecule is CC(C)C(SCc1ccc(-c2ccccc2)cc1)C(=O)O. The van der Waals surface area contributed by atoms with Gasteiger partial charge < -0.3 is 5.11 Å². The third-order valence-corrected chi connectivity index (χ3v) is 4.94. The quantitative estimate of drug-likeness (QED) is 0.840. The largest absolute Gasteiger partial charge is 0.480 e. The van der Waals surface area contributed by atoms with E-state index in [0.717, 1.165) is 11.3 Å². The van der Waals surface area contributed by atoms with Gasteiger partial charge in [0.05, 0.1) is 0 Å². The normalized spacial score (nSPS) is 12.3. The highest BCUT2D eigenvalue weighted by Gasteiger charge is 2.21. The van der Waals surface area contributed by atoms with Crippen molar-refractivity contribution in [2.45, 2.75) is 24.9 Å². The van der Waals surface area contributed by atoms with Crippen LogP contribution in [0.15, 0.2) is 54.6 Å². The summed E-state index contributed by atoms with van der Waals surface area (Å²) in [7, 11) is 0. The molecule has 0 bridgehead atoms. The van der Waals surface area contributed by atoms with Crippen molar-refractivity contribution < 1.29 is 9.90 Å². The van der Waals surface area contributed by atoms with Gasteiger partial charge >= 0.3 is 5.97 Å². The van der Waals surface area contributed by atoms with Gasteiger partial charge in [0, 0.05) is 5.75 Å². The van der Waals surface area contributed by atoms with E-state index in [1.807, 2.05) is 32.0 Å². The third-order valence-electron chi connectivity index (χ3n) is 3.34. The van der Waals surface area contributed by atoms with E-state index in [4.69, 9.17) is 0 Å². The summed E-state index contributed by atoms with van der Waals surface area (Å²) >= 11 is 1.49. The molecule has 0 fully saturated rings. The number of benzene rings is 2. The highest BCUT2D eigenvalue weighted by atomic mass is 32.2. The van der Waals surface area contributed by atoms with Crippen LogP contribution in [0.2, 0.25) is 0 Å². The highest BCUT2D eigenvalue weighted by molar-refractivity contribution is 7.99. The summed E-state index contributed by atoms with van der Waals surface area (Å²) < 4.78 is 0. The smallest absolute Gasteiger partial charge is 0.316 e. The molecule has 1 atom stereocenters. The maximum atomic E-state index is 11.2.